The Morgan fingerprint density at radius 3 is 2.40 bits per heavy atom. The van der Waals surface area contributed by atoms with Crippen molar-refractivity contribution in [3.63, 3.8) is 0 Å². The van der Waals surface area contributed by atoms with Crippen LogP contribution in [0.3, 0.4) is 0 Å². The molecule has 1 aromatic carbocycles. The zero-order chi connectivity index (χ0) is 11.2. The molecule has 0 radical (unpaired) electrons. The summed E-state index contributed by atoms with van der Waals surface area (Å²) < 4.78 is 0. The minimum absolute atomic E-state index is 0.0384. The van der Waals surface area contributed by atoms with E-state index in [0.717, 1.165) is 0 Å². The third-order valence-electron chi connectivity index (χ3n) is 2.21. The van der Waals surface area contributed by atoms with Gasteiger partial charge in [0.15, 0.2) is 11.9 Å². The minimum Gasteiger partial charge on any atom is -0.377 e. The molecule has 1 aromatic rings. The molecule has 0 amide bonds. The number of hydrogen-bond donors (Lipinski definition) is 1. The molecule has 0 spiro atoms. The van der Waals surface area contributed by atoms with Crippen molar-refractivity contribution in [1.82, 2.24) is 0 Å². The first-order valence-electron chi connectivity index (χ1n) is 4.12. The van der Waals surface area contributed by atoms with E-state index in [9.17, 15) is 19.5 Å². The Balaban J connectivity index is 2.69. The van der Waals surface area contributed by atoms with Crippen molar-refractivity contribution < 1.29 is 19.5 Å². The average Bonchev–Trinajstić information content (AvgIpc) is 2.23. The summed E-state index contributed by atoms with van der Waals surface area (Å²) in [5.41, 5.74) is -0.000648. The molecule has 0 heterocycles. The number of Topliss-reactive ketones (excluding diaryl/α,β-unsaturated/α-hetero) is 3. The molecule has 0 saturated heterocycles. The Labute approximate surface area is 89.5 Å². The zero-order valence-electron chi connectivity index (χ0n) is 7.36. The summed E-state index contributed by atoms with van der Waals surface area (Å²) in [5, 5.41) is 9.44. The summed E-state index contributed by atoms with van der Waals surface area (Å²) in [5.74, 6) is -2.74. The van der Waals surface area contributed by atoms with Crippen molar-refractivity contribution in [2.75, 3.05) is 0 Å². The second kappa shape index (κ2) is 3.25. The van der Waals surface area contributed by atoms with Crippen LogP contribution in [0, 0.1) is 0 Å². The molecule has 1 aliphatic carbocycles. The van der Waals surface area contributed by atoms with E-state index in [1.165, 1.54) is 18.2 Å². The molecule has 2 rings (SSSR count). The molecule has 1 unspecified atom stereocenters. The molecule has 0 bridgehead atoms. The Hall–Kier alpha value is -1.52. The van der Waals surface area contributed by atoms with E-state index in [-0.39, 0.29) is 16.1 Å². The third-order valence-corrected chi connectivity index (χ3v) is 2.45. The van der Waals surface area contributed by atoms with Gasteiger partial charge in [-0.1, -0.05) is 11.6 Å². The fraction of sp³-hybridized carbons (Fsp3) is 0.100. The van der Waals surface area contributed by atoms with Crippen molar-refractivity contribution in [3.05, 3.63) is 34.3 Å². The molecule has 76 valence electrons. The van der Waals surface area contributed by atoms with Gasteiger partial charge in [-0.2, -0.15) is 0 Å². The van der Waals surface area contributed by atoms with Crippen molar-refractivity contribution in [2.24, 2.45) is 0 Å². The number of carbonyl (C=O) groups excluding carboxylic acids is 3. The summed E-state index contributed by atoms with van der Waals surface area (Å²) in [7, 11) is 0. The van der Waals surface area contributed by atoms with Crippen LogP contribution in [0.2, 0.25) is 5.02 Å². The molecule has 1 aliphatic rings. The van der Waals surface area contributed by atoms with E-state index in [1.54, 1.807) is 0 Å². The lowest BCUT2D eigenvalue weighted by Crippen LogP contribution is -2.41. The van der Waals surface area contributed by atoms with Crippen LogP contribution in [0.5, 0.6) is 0 Å². The summed E-state index contributed by atoms with van der Waals surface area (Å²) in [6.07, 6.45) is -1.87. The van der Waals surface area contributed by atoms with E-state index in [4.69, 9.17) is 11.6 Å². The van der Waals surface area contributed by atoms with Gasteiger partial charge in [-0.05, 0) is 18.2 Å². The Bertz CT molecular complexity index is 492. The standard InChI is InChI=1S/C10H5ClO4/c11-4-1-2-5-6(3-4)8(13)10(15)9(14)7(5)12/h1-3,9,14H. The second-order valence-corrected chi connectivity index (χ2v) is 3.59. The molecule has 0 saturated carbocycles. The largest absolute Gasteiger partial charge is 0.377 e. The van der Waals surface area contributed by atoms with Crippen LogP contribution < -0.4 is 0 Å². The van der Waals surface area contributed by atoms with Crippen molar-refractivity contribution >= 4 is 29.0 Å². The lowest BCUT2D eigenvalue weighted by Gasteiger charge is -2.16. The SMILES string of the molecule is O=C1C(=O)C(O)C(=O)c2ccc(Cl)cc21. The topological polar surface area (TPSA) is 71.4 Å². The van der Waals surface area contributed by atoms with E-state index < -0.39 is 23.5 Å². The zero-order valence-corrected chi connectivity index (χ0v) is 8.12. The predicted octanol–water partition coefficient (Wildman–Crippen LogP) is 0.649. The lowest BCUT2D eigenvalue weighted by molar-refractivity contribution is -0.120. The maximum Gasteiger partial charge on any atom is 0.239 e. The third kappa shape index (κ3) is 1.38. The van der Waals surface area contributed by atoms with Gasteiger partial charge in [-0.25, -0.2) is 0 Å². The normalized spacial score (nSPS) is 20.4. The van der Waals surface area contributed by atoms with Gasteiger partial charge in [-0.3, -0.25) is 14.4 Å². The first-order valence-corrected chi connectivity index (χ1v) is 4.50. The van der Waals surface area contributed by atoms with E-state index in [0.29, 0.717) is 0 Å². The number of hydrogen-bond acceptors (Lipinski definition) is 4. The number of carbonyl (C=O) groups is 3. The van der Waals surface area contributed by atoms with Crippen LogP contribution in [0.25, 0.3) is 0 Å². The summed E-state index contributed by atoms with van der Waals surface area (Å²) >= 11 is 5.64. The molecular formula is C10H5ClO4. The van der Waals surface area contributed by atoms with Gasteiger partial charge in [0.05, 0.1) is 0 Å². The highest BCUT2D eigenvalue weighted by atomic mass is 35.5. The molecule has 1 atom stereocenters. The Morgan fingerprint density at radius 2 is 1.73 bits per heavy atom. The molecule has 5 heteroatoms. The molecular weight excluding hydrogens is 220 g/mol. The average molecular weight is 225 g/mol. The van der Waals surface area contributed by atoms with Gasteiger partial charge < -0.3 is 5.11 Å². The number of benzene rings is 1. The van der Waals surface area contributed by atoms with Crippen LogP contribution >= 0.6 is 11.6 Å². The number of ketones is 3. The fourth-order valence-corrected chi connectivity index (χ4v) is 1.61. The summed E-state index contributed by atoms with van der Waals surface area (Å²) in [4.78, 5) is 34.0. The minimum atomic E-state index is -1.87. The van der Waals surface area contributed by atoms with Gasteiger partial charge >= 0.3 is 0 Å². The first-order chi connectivity index (χ1) is 7.02. The number of fused-ring (bicyclic) bond motifs is 1. The van der Waals surface area contributed by atoms with Crippen LogP contribution in [0.4, 0.5) is 0 Å². The first kappa shape index (κ1) is 10.0. The highest BCUT2D eigenvalue weighted by molar-refractivity contribution is 6.53. The van der Waals surface area contributed by atoms with Crippen LogP contribution in [0.1, 0.15) is 20.7 Å². The van der Waals surface area contributed by atoms with Crippen LogP contribution in [-0.2, 0) is 4.79 Å². The van der Waals surface area contributed by atoms with Gasteiger partial charge in [0.25, 0.3) is 0 Å². The molecule has 0 aliphatic heterocycles. The molecule has 15 heavy (non-hydrogen) atoms. The highest BCUT2D eigenvalue weighted by Gasteiger charge is 2.38. The molecule has 0 fully saturated rings. The van der Waals surface area contributed by atoms with E-state index >= 15 is 0 Å². The van der Waals surface area contributed by atoms with Crippen LogP contribution in [-0.4, -0.2) is 28.6 Å². The van der Waals surface area contributed by atoms with Gasteiger partial charge in [0.2, 0.25) is 11.6 Å². The number of aliphatic hydroxyl groups is 1. The monoisotopic (exact) mass is 224 g/mol. The van der Waals surface area contributed by atoms with Gasteiger partial charge in [-0.15, -0.1) is 0 Å². The number of aliphatic hydroxyl groups excluding tert-OH is 1. The van der Waals surface area contributed by atoms with Crippen molar-refractivity contribution in [3.8, 4) is 0 Å². The van der Waals surface area contributed by atoms with Gasteiger partial charge in [0, 0.05) is 16.1 Å². The molecule has 1 N–H and O–H groups in total. The molecule has 0 aromatic heterocycles. The smallest absolute Gasteiger partial charge is 0.239 e. The van der Waals surface area contributed by atoms with Gasteiger partial charge in [0.1, 0.15) is 0 Å². The molecule has 4 nitrogen and oxygen atoms in total. The summed E-state index contributed by atoms with van der Waals surface area (Å²) in [6, 6.07) is 4.00. The highest BCUT2D eigenvalue weighted by Crippen LogP contribution is 2.23. The maximum absolute atomic E-state index is 11.4. The quantitative estimate of drug-likeness (QED) is 0.519. The van der Waals surface area contributed by atoms with Crippen molar-refractivity contribution in [1.29, 1.82) is 0 Å². The number of halogens is 1. The number of rotatable bonds is 0. The van der Waals surface area contributed by atoms with Crippen molar-refractivity contribution in [2.45, 2.75) is 6.10 Å². The lowest BCUT2D eigenvalue weighted by atomic mass is 9.87. The van der Waals surface area contributed by atoms with Crippen LogP contribution in [0.15, 0.2) is 18.2 Å². The Morgan fingerprint density at radius 1 is 1.07 bits per heavy atom. The maximum atomic E-state index is 11.4. The second-order valence-electron chi connectivity index (χ2n) is 3.15. The van der Waals surface area contributed by atoms with E-state index in [2.05, 4.69) is 0 Å². The summed E-state index contributed by atoms with van der Waals surface area (Å²) in [6.45, 7) is 0. The Kier molecular flexibility index (Phi) is 2.17. The fourth-order valence-electron chi connectivity index (χ4n) is 1.44. The van der Waals surface area contributed by atoms with E-state index in [1.807, 2.05) is 0 Å². The predicted molar refractivity (Wildman–Crippen MR) is 51.1 cm³/mol.